The summed E-state index contributed by atoms with van der Waals surface area (Å²) < 4.78 is 73.1. The molecule has 0 aliphatic heterocycles. The Balaban J connectivity index is 3.02. The minimum Gasteiger partial charge on any atom is -0.350 e. The highest BCUT2D eigenvalue weighted by Gasteiger charge is 2.36. The van der Waals surface area contributed by atoms with Gasteiger partial charge in [-0.3, -0.25) is 4.79 Å². The summed E-state index contributed by atoms with van der Waals surface area (Å²) in [6.07, 6.45) is -3.96. The van der Waals surface area contributed by atoms with E-state index in [0.717, 1.165) is 18.4 Å². The smallest absolute Gasteiger partial charge is 0.350 e. The van der Waals surface area contributed by atoms with E-state index in [4.69, 9.17) is 0 Å². The molecule has 4 nitrogen and oxygen atoms in total. The van der Waals surface area contributed by atoms with Gasteiger partial charge in [-0.2, -0.15) is 13.2 Å². The Morgan fingerprint density at radius 3 is 2.23 bits per heavy atom. The SMILES string of the molecule is CC(C)(CNC(=O)c1cccc(C(F)(F)F)c1F)S(C)(=O)=O. The van der Waals surface area contributed by atoms with Crippen LogP contribution in [0.2, 0.25) is 0 Å². The van der Waals surface area contributed by atoms with Crippen LogP contribution in [0.15, 0.2) is 18.2 Å². The largest absolute Gasteiger partial charge is 0.419 e. The first-order valence-corrected chi connectivity index (χ1v) is 8.00. The highest BCUT2D eigenvalue weighted by Crippen LogP contribution is 2.32. The maximum Gasteiger partial charge on any atom is 0.419 e. The Morgan fingerprint density at radius 2 is 1.77 bits per heavy atom. The second kappa shape index (κ2) is 5.86. The molecule has 0 spiro atoms. The number of hydrogen-bond acceptors (Lipinski definition) is 3. The lowest BCUT2D eigenvalue weighted by molar-refractivity contribution is -0.140. The first-order chi connectivity index (χ1) is 9.77. The van der Waals surface area contributed by atoms with E-state index in [1.807, 2.05) is 0 Å². The van der Waals surface area contributed by atoms with Gasteiger partial charge in [0.15, 0.2) is 9.84 Å². The van der Waals surface area contributed by atoms with Gasteiger partial charge in [0.25, 0.3) is 5.91 Å². The van der Waals surface area contributed by atoms with Crippen LogP contribution >= 0.6 is 0 Å². The molecule has 0 unspecified atom stereocenters. The number of rotatable bonds is 4. The van der Waals surface area contributed by atoms with Crippen molar-refractivity contribution in [2.24, 2.45) is 0 Å². The molecule has 0 fully saturated rings. The van der Waals surface area contributed by atoms with Crippen LogP contribution in [0.3, 0.4) is 0 Å². The number of hydrogen-bond donors (Lipinski definition) is 1. The van der Waals surface area contributed by atoms with Crippen molar-refractivity contribution in [2.75, 3.05) is 12.8 Å². The van der Waals surface area contributed by atoms with E-state index >= 15 is 0 Å². The predicted molar refractivity (Wildman–Crippen MR) is 72.7 cm³/mol. The number of carbonyl (C=O) groups excluding carboxylic acids is 1. The molecular formula is C13H15F4NO3S. The molecule has 0 aliphatic rings. The van der Waals surface area contributed by atoms with Gasteiger partial charge in [0.05, 0.1) is 15.9 Å². The van der Waals surface area contributed by atoms with Crippen molar-refractivity contribution in [3.05, 3.63) is 35.1 Å². The highest BCUT2D eigenvalue weighted by atomic mass is 32.2. The molecular weight excluding hydrogens is 326 g/mol. The van der Waals surface area contributed by atoms with Crippen molar-refractivity contribution in [3.8, 4) is 0 Å². The Labute approximate surface area is 125 Å². The van der Waals surface area contributed by atoms with Crippen molar-refractivity contribution in [2.45, 2.75) is 24.8 Å². The van der Waals surface area contributed by atoms with Gasteiger partial charge in [-0.25, -0.2) is 12.8 Å². The highest BCUT2D eigenvalue weighted by molar-refractivity contribution is 7.92. The molecule has 0 heterocycles. The molecule has 0 aromatic heterocycles. The third kappa shape index (κ3) is 3.96. The van der Waals surface area contributed by atoms with Gasteiger partial charge in [0.2, 0.25) is 0 Å². The van der Waals surface area contributed by atoms with Crippen LogP contribution in [0, 0.1) is 5.82 Å². The minimum atomic E-state index is -4.92. The van der Waals surface area contributed by atoms with Crippen LogP contribution in [0.25, 0.3) is 0 Å². The fourth-order valence-corrected chi connectivity index (χ4v) is 1.78. The van der Waals surface area contributed by atoms with Gasteiger partial charge >= 0.3 is 6.18 Å². The topological polar surface area (TPSA) is 63.2 Å². The summed E-state index contributed by atoms with van der Waals surface area (Å²) in [7, 11) is -3.51. The second-order valence-electron chi connectivity index (χ2n) is 5.38. The fraction of sp³-hybridized carbons (Fsp3) is 0.462. The van der Waals surface area contributed by atoms with Crippen molar-refractivity contribution < 1.29 is 30.8 Å². The normalized spacial score (nSPS) is 13.0. The first kappa shape index (κ1) is 18.4. The average molecular weight is 341 g/mol. The van der Waals surface area contributed by atoms with Crippen LogP contribution in [0.1, 0.15) is 29.8 Å². The molecule has 9 heteroatoms. The monoisotopic (exact) mass is 341 g/mol. The first-order valence-electron chi connectivity index (χ1n) is 6.11. The third-order valence-electron chi connectivity index (χ3n) is 3.23. The van der Waals surface area contributed by atoms with E-state index in [0.29, 0.717) is 6.07 Å². The molecule has 1 amide bonds. The summed E-state index contributed by atoms with van der Waals surface area (Å²) in [6, 6.07) is 2.32. The molecule has 0 aliphatic carbocycles. The van der Waals surface area contributed by atoms with E-state index in [-0.39, 0.29) is 6.54 Å². The minimum absolute atomic E-state index is 0.361. The standard InChI is InChI=1S/C13H15F4NO3S/c1-12(2,22(3,20)21)7-18-11(19)8-5-4-6-9(10(8)14)13(15,16)17/h4-6H,7H2,1-3H3,(H,18,19). The van der Waals surface area contributed by atoms with Crippen LogP contribution in [0.5, 0.6) is 0 Å². The molecule has 1 N–H and O–H groups in total. The Kier molecular flexibility index (Phi) is 4.91. The molecule has 1 aromatic rings. The van der Waals surface area contributed by atoms with Crippen LogP contribution in [-0.4, -0.2) is 31.9 Å². The zero-order valence-corrected chi connectivity index (χ0v) is 12.9. The van der Waals surface area contributed by atoms with Gasteiger partial charge in [-0.15, -0.1) is 0 Å². The lowest BCUT2D eigenvalue weighted by Gasteiger charge is -2.23. The average Bonchev–Trinajstić information content (AvgIpc) is 2.33. The Hall–Kier alpha value is -1.64. The zero-order chi connectivity index (χ0) is 17.3. The molecule has 1 rings (SSSR count). The maximum atomic E-state index is 13.8. The van der Waals surface area contributed by atoms with E-state index in [1.165, 1.54) is 13.8 Å². The lowest BCUT2D eigenvalue weighted by Crippen LogP contribution is -2.44. The fourth-order valence-electron chi connectivity index (χ4n) is 1.45. The molecule has 0 saturated heterocycles. The van der Waals surface area contributed by atoms with Crippen LogP contribution < -0.4 is 5.32 Å². The van der Waals surface area contributed by atoms with Crippen LogP contribution in [-0.2, 0) is 16.0 Å². The molecule has 0 atom stereocenters. The van der Waals surface area contributed by atoms with Crippen molar-refractivity contribution >= 4 is 15.7 Å². The third-order valence-corrected chi connectivity index (χ3v) is 5.38. The van der Waals surface area contributed by atoms with E-state index in [1.54, 1.807) is 0 Å². The molecule has 0 radical (unpaired) electrons. The van der Waals surface area contributed by atoms with Gasteiger partial charge in [-0.05, 0) is 26.0 Å². The summed E-state index contributed by atoms with van der Waals surface area (Å²) in [4.78, 5) is 11.8. The summed E-state index contributed by atoms with van der Waals surface area (Å²) >= 11 is 0. The summed E-state index contributed by atoms with van der Waals surface area (Å²) in [6.45, 7) is 2.32. The molecule has 1 aromatic carbocycles. The maximum absolute atomic E-state index is 13.8. The predicted octanol–water partition coefficient (Wildman–Crippen LogP) is 2.40. The van der Waals surface area contributed by atoms with E-state index in [2.05, 4.69) is 5.32 Å². The number of nitrogens with one attached hydrogen (secondary N) is 1. The van der Waals surface area contributed by atoms with Gasteiger partial charge in [0.1, 0.15) is 5.82 Å². The summed E-state index contributed by atoms with van der Waals surface area (Å²) in [5, 5.41) is 2.14. The molecule has 0 bridgehead atoms. The number of carbonyl (C=O) groups is 1. The summed E-state index contributed by atoms with van der Waals surface area (Å²) in [5.41, 5.74) is -2.35. The zero-order valence-electron chi connectivity index (χ0n) is 12.1. The number of sulfone groups is 1. The van der Waals surface area contributed by atoms with Crippen LogP contribution in [0.4, 0.5) is 17.6 Å². The number of amides is 1. The van der Waals surface area contributed by atoms with Gasteiger partial charge in [0, 0.05) is 12.8 Å². The van der Waals surface area contributed by atoms with E-state index < -0.39 is 43.6 Å². The van der Waals surface area contributed by atoms with Crippen molar-refractivity contribution in [1.82, 2.24) is 5.32 Å². The van der Waals surface area contributed by atoms with Gasteiger partial charge < -0.3 is 5.32 Å². The number of halogens is 4. The Bertz CT molecular complexity index is 681. The van der Waals surface area contributed by atoms with Gasteiger partial charge in [-0.1, -0.05) is 6.07 Å². The lowest BCUT2D eigenvalue weighted by atomic mass is 10.1. The molecule has 124 valence electrons. The Morgan fingerprint density at radius 1 is 1.23 bits per heavy atom. The van der Waals surface area contributed by atoms with Crippen molar-refractivity contribution in [3.63, 3.8) is 0 Å². The molecule has 22 heavy (non-hydrogen) atoms. The second-order valence-corrected chi connectivity index (χ2v) is 8.03. The quantitative estimate of drug-likeness (QED) is 0.856. The summed E-state index contributed by atoms with van der Waals surface area (Å²) in [5.74, 6) is -2.80. The number of alkyl halides is 3. The molecule has 0 saturated carbocycles. The van der Waals surface area contributed by atoms with Crippen molar-refractivity contribution in [1.29, 1.82) is 0 Å². The van der Waals surface area contributed by atoms with E-state index in [9.17, 15) is 30.8 Å². The number of benzene rings is 1.